The normalized spacial score (nSPS) is 11.2. The van der Waals surface area contributed by atoms with Gasteiger partial charge in [-0.05, 0) is 31.5 Å². The molecule has 0 saturated heterocycles. The highest BCUT2D eigenvalue weighted by Crippen LogP contribution is 2.30. The van der Waals surface area contributed by atoms with Crippen molar-refractivity contribution in [3.63, 3.8) is 0 Å². The van der Waals surface area contributed by atoms with Crippen LogP contribution in [0.3, 0.4) is 0 Å². The third-order valence-electron chi connectivity index (χ3n) is 4.95. The molecular weight excluding hydrogens is 454 g/mol. The van der Waals surface area contributed by atoms with E-state index in [1.165, 1.54) is 12.4 Å². The summed E-state index contributed by atoms with van der Waals surface area (Å²) in [5.74, 6) is 0.207. The SMILES string of the molecule is Cc1cnc(C(=O)NCc2nc(-c3ccccc3NS(=O)(=O)Cc3ccccc3)oc2C)cn1. The van der Waals surface area contributed by atoms with E-state index >= 15 is 0 Å². The van der Waals surface area contributed by atoms with Crippen LogP contribution in [0.5, 0.6) is 0 Å². The van der Waals surface area contributed by atoms with Crippen molar-refractivity contribution >= 4 is 21.6 Å². The molecule has 34 heavy (non-hydrogen) atoms. The van der Waals surface area contributed by atoms with E-state index in [0.717, 1.165) is 0 Å². The number of rotatable bonds is 8. The Hall–Kier alpha value is -4.05. The van der Waals surface area contributed by atoms with Crippen LogP contribution in [0.2, 0.25) is 0 Å². The molecule has 0 radical (unpaired) electrons. The zero-order valence-corrected chi connectivity index (χ0v) is 19.5. The van der Waals surface area contributed by atoms with Gasteiger partial charge in [0.05, 0.1) is 35.4 Å². The third-order valence-corrected chi connectivity index (χ3v) is 6.19. The zero-order valence-electron chi connectivity index (χ0n) is 18.6. The summed E-state index contributed by atoms with van der Waals surface area (Å²) in [5.41, 5.74) is 2.95. The maximum absolute atomic E-state index is 12.7. The van der Waals surface area contributed by atoms with Crippen LogP contribution in [0.25, 0.3) is 11.5 Å². The van der Waals surface area contributed by atoms with Crippen molar-refractivity contribution in [1.29, 1.82) is 0 Å². The number of carbonyl (C=O) groups is 1. The lowest BCUT2D eigenvalue weighted by atomic mass is 10.2. The minimum absolute atomic E-state index is 0.117. The predicted molar refractivity (Wildman–Crippen MR) is 127 cm³/mol. The van der Waals surface area contributed by atoms with Crippen molar-refractivity contribution in [2.24, 2.45) is 0 Å². The minimum Gasteiger partial charge on any atom is -0.441 e. The third kappa shape index (κ3) is 5.65. The second-order valence-corrected chi connectivity index (χ2v) is 9.36. The molecule has 4 rings (SSSR count). The highest BCUT2D eigenvalue weighted by Gasteiger charge is 2.19. The number of anilines is 1. The molecule has 9 nitrogen and oxygen atoms in total. The summed E-state index contributed by atoms with van der Waals surface area (Å²) in [7, 11) is -3.67. The zero-order chi connectivity index (χ0) is 24.1. The van der Waals surface area contributed by atoms with Gasteiger partial charge in [-0.25, -0.2) is 18.4 Å². The number of carbonyl (C=O) groups excluding carboxylic acids is 1. The molecule has 0 unspecified atom stereocenters. The monoisotopic (exact) mass is 477 g/mol. The number of aromatic nitrogens is 3. The van der Waals surface area contributed by atoms with Gasteiger partial charge in [-0.2, -0.15) is 0 Å². The average molecular weight is 478 g/mol. The van der Waals surface area contributed by atoms with E-state index in [1.807, 2.05) is 6.07 Å². The van der Waals surface area contributed by atoms with E-state index in [2.05, 4.69) is 25.0 Å². The first-order chi connectivity index (χ1) is 16.3. The van der Waals surface area contributed by atoms with Crippen molar-refractivity contribution in [2.45, 2.75) is 26.1 Å². The lowest BCUT2D eigenvalue weighted by molar-refractivity contribution is 0.0945. The Morgan fingerprint density at radius 3 is 2.44 bits per heavy atom. The first kappa shape index (κ1) is 23.1. The molecule has 0 atom stereocenters. The van der Waals surface area contributed by atoms with E-state index in [4.69, 9.17) is 4.42 Å². The largest absolute Gasteiger partial charge is 0.441 e. The van der Waals surface area contributed by atoms with Gasteiger partial charge in [-0.3, -0.25) is 14.5 Å². The summed E-state index contributed by atoms with van der Waals surface area (Å²) in [4.78, 5) is 24.9. The molecule has 0 aliphatic rings. The van der Waals surface area contributed by atoms with Crippen molar-refractivity contribution in [1.82, 2.24) is 20.3 Å². The predicted octanol–water partition coefficient (Wildman–Crippen LogP) is 3.62. The van der Waals surface area contributed by atoms with E-state index in [0.29, 0.717) is 34.0 Å². The summed E-state index contributed by atoms with van der Waals surface area (Å²) in [5, 5.41) is 2.75. The molecule has 0 bridgehead atoms. The number of hydrogen-bond acceptors (Lipinski definition) is 7. The molecule has 2 N–H and O–H groups in total. The van der Waals surface area contributed by atoms with Crippen LogP contribution in [-0.2, 0) is 22.3 Å². The number of sulfonamides is 1. The number of para-hydroxylation sites is 1. The average Bonchev–Trinajstić information content (AvgIpc) is 3.18. The highest BCUT2D eigenvalue weighted by molar-refractivity contribution is 7.91. The van der Waals surface area contributed by atoms with Crippen LogP contribution in [0.15, 0.2) is 71.4 Å². The molecule has 4 aromatic rings. The summed E-state index contributed by atoms with van der Waals surface area (Å²) < 4.78 is 33.9. The van der Waals surface area contributed by atoms with Gasteiger partial charge >= 0.3 is 0 Å². The molecule has 10 heteroatoms. The fourth-order valence-electron chi connectivity index (χ4n) is 3.23. The fraction of sp³-hybridized carbons (Fsp3) is 0.167. The second-order valence-electron chi connectivity index (χ2n) is 7.64. The Morgan fingerprint density at radius 2 is 1.71 bits per heavy atom. The van der Waals surface area contributed by atoms with Crippen molar-refractivity contribution < 1.29 is 17.6 Å². The maximum atomic E-state index is 12.7. The number of hydrogen-bond donors (Lipinski definition) is 2. The van der Waals surface area contributed by atoms with E-state index in [-0.39, 0.29) is 29.8 Å². The molecule has 2 aromatic carbocycles. The molecule has 0 fully saturated rings. The Labute approximate surface area is 197 Å². The summed E-state index contributed by atoms with van der Waals surface area (Å²) >= 11 is 0. The van der Waals surface area contributed by atoms with Crippen molar-refractivity contribution in [3.05, 3.63) is 95.4 Å². The van der Waals surface area contributed by atoms with Gasteiger partial charge in [0, 0.05) is 6.20 Å². The van der Waals surface area contributed by atoms with Crippen LogP contribution in [0, 0.1) is 13.8 Å². The van der Waals surface area contributed by atoms with Gasteiger partial charge in [-0.1, -0.05) is 42.5 Å². The number of nitrogens with one attached hydrogen (secondary N) is 2. The molecule has 0 saturated carbocycles. The minimum atomic E-state index is -3.67. The van der Waals surface area contributed by atoms with Gasteiger partial charge in [0.1, 0.15) is 17.1 Å². The summed E-state index contributed by atoms with van der Waals surface area (Å²) in [6.07, 6.45) is 2.92. The molecule has 0 aliphatic heterocycles. The Bertz CT molecular complexity index is 1400. The Kier molecular flexibility index (Phi) is 6.69. The summed E-state index contributed by atoms with van der Waals surface area (Å²) in [6.45, 7) is 3.63. The van der Waals surface area contributed by atoms with E-state index < -0.39 is 10.0 Å². The van der Waals surface area contributed by atoms with Crippen LogP contribution >= 0.6 is 0 Å². The second kappa shape index (κ2) is 9.84. The number of benzene rings is 2. The standard InChI is InChI=1S/C24H23N5O4S/c1-16-12-26-22(14-25-16)23(30)27-13-21-17(2)33-24(28-21)19-10-6-7-11-20(19)29-34(31,32)15-18-8-4-3-5-9-18/h3-12,14,29H,13,15H2,1-2H3,(H,27,30). The van der Waals surface area contributed by atoms with Gasteiger partial charge < -0.3 is 9.73 Å². The lowest BCUT2D eigenvalue weighted by Crippen LogP contribution is -2.24. The number of amides is 1. The van der Waals surface area contributed by atoms with Crippen LogP contribution < -0.4 is 10.0 Å². The van der Waals surface area contributed by atoms with E-state index in [9.17, 15) is 13.2 Å². The molecule has 1 amide bonds. The van der Waals surface area contributed by atoms with Gasteiger partial charge in [-0.15, -0.1) is 0 Å². The number of nitrogens with zero attached hydrogens (tertiary/aromatic N) is 3. The molecule has 0 aliphatic carbocycles. The molecule has 174 valence electrons. The van der Waals surface area contributed by atoms with Gasteiger partial charge in [0.15, 0.2) is 0 Å². The topological polar surface area (TPSA) is 127 Å². The number of oxazole rings is 1. The van der Waals surface area contributed by atoms with Crippen molar-refractivity contribution in [3.8, 4) is 11.5 Å². The molecule has 2 heterocycles. The molecule has 2 aromatic heterocycles. The van der Waals surface area contributed by atoms with Crippen molar-refractivity contribution in [2.75, 3.05) is 4.72 Å². The maximum Gasteiger partial charge on any atom is 0.271 e. The lowest BCUT2D eigenvalue weighted by Gasteiger charge is -2.11. The van der Waals surface area contributed by atoms with Crippen LogP contribution in [-0.4, -0.2) is 29.3 Å². The molecular formula is C24H23N5O4S. The van der Waals surface area contributed by atoms with Gasteiger partial charge in [0.25, 0.3) is 5.91 Å². The smallest absolute Gasteiger partial charge is 0.271 e. The summed E-state index contributed by atoms with van der Waals surface area (Å²) in [6, 6.07) is 15.8. The Morgan fingerprint density at radius 1 is 0.971 bits per heavy atom. The van der Waals surface area contributed by atoms with Crippen LogP contribution in [0.1, 0.15) is 33.2 Å². The van der Waals surface area contributed by atoms with Crippen LogP contribution in [0.4, 0.5) is 5.69 Å². The fourth-order valence-corrected chi connectivity index (χ4v) is 4.44. The molecule has 0 spiro atoms. The highest BCUT2D eigenvalue weighted by atomic mass is 32.2. The number of aryl methyl sites for hydroxylation is 2. The van der Waals surface area contributed by atoms with E-state index in [1.54, 1.807) is 62.4 Å². The quantitative estimate of drug-likeness (QED) is 0.397. The van der Waals surface area contributed by atoms with Gasteiger partial charge in [0.2, 0.25) is 15.9 Å². The first-order valence-corrected chi connectivity index (χ1v) is 12.1. The Balaban J connectivity index is 1.50. The first-order valence-electron chi connectivity index (χ1n) is 10.5.